The minimum Gasteiger partial charge on any atom is -0.484 e. The number of rotatable bonds is 6. The molecule has 1 aromatic carbocycles. The van der Waals surface area contributed by atoms with E-state index in [0.29, 0.717) is 18.1 Å². The van der Waals surface area contributed by atoms with E-state index in [2.05, 4.69) is 43.7 Å². The van der Waals surface area contributed by atoms with E-state index >= 15 is 8.78 Å². The normalized spacial score (nSPS) is 23.0. The van der Waals surface area contributed by atoms with Crippen LogP contribution in [0.4, 0.5) is 20.2 Å². The molecule has 2 atom stereocenters. The van der Waals surface area contributed by atoms with Gasteiger partial charge in [0.1, 0.15) is 5.76 Å². The van der Waals surface area contributed by atoms with Gasteiger partial charge in [-0.2, -0.15) is 4.39 Å². The molecule has 0 amide bonds. The predicted molar refractivity (Wildman–Crippen MR) is 155 cm³/mol. The first-order valence-electron chi connectivity index (χ1n) is 14.1. The Bertz CT molecular complexity index is 1400. The first kappa shape index (κ1) is 27.2. The molecule has 1 aromatic heterocycles. The highest BCUT2D eigenvalue weighted by Crippen LogP contribution is 2.30. The monoisotopic (exact) mass is 535 g/mol. The average molecular weight is 536 g/mol. The van der Waals surface area contributed by atoms with Gasteiger partial charge >= 0.3 is 0 Å². The highest BCUT2D eigenvalue weighted by atomic mass is 19.1. The highest BCUT2D eigenvalue weighted by Gasteiger charge is 2.28. The average Bonchev–Trinajstić information content (AvgIpc) is 3.29. The number of hydrogen-bond acceptors (Lipinski definition) is 5. The number of halogens is 2. The van der Waals surface area contributed by atoms with Crippen LogP contribution in [0.25, 0.3) is 11.9 Å². The van der Waals surface area contributed by atoms with Crippen LogP contribution in [0.3, 0.4) is 0 Å². The number of likely N-dealkylation sites (N-methyl/N-ethyl adjacent to an activating group) is 1. The van der Waals surface area contributed by atoms with Gasteiger partial charge in [-0.1, -0.05) is 26.0 Å². The minimum atomic E-state index is -0.870. The first-order valence-corrected chi connectivity index (χ1v) is 14.1. The number of fused-ring (bicyclic) bond motifs is 1. The van der Waals surface area contributed by atoms with Crippen molar-refractivity contribution in [2.75, 3.05) is 42.9 Å². The molecule has 0 spiro atoms. The van der Waals surface area contributed by atoms with E-state index in [4.69, 9.17) is 4.74 Å². The predicted octanol–water partition coefficient (Wildman–Crippen LogP) is 4.85. The number of nitrogens with zero attached hydrogens (tertiary/aromatic N) is 4. The molecule has 0 bridgehead atoms. The Hall–Kier alpha value is -3.39. The summed E-state index contributed by atoms with van der Waals surface area (Å²) in [6, 6.07) is 9.83. The van der Waals surface area contributed by atoms with E-state index in [-0.39, 0.29) is 23.3 Å². The van der Waals surface area contributed by atoms with Crippen LogP contribution in [0.5, 0.6) is 0 Å². The standard InChI is InChI=1S/C31H39F2N5O/c1-5-36-16-18-37(19-17-36)24-11-9-23(10-12-24)35-31-29(33)30(21(3)8-7-15-34-31)39-27-14-13-26-25(28(27)32)20-22(4)38(26)6-2/h7,9-13,15,20-21,27H,5-6,8,14,16-19H2,1-4H3,(H,34,35)/b15-7+,30-29?. The highest BCUT2D eigenvalue weighted by molar-refractivity contribution is 6.07. The van der Waals surface area contributed by atoms with Crippen molar-refractivity contribution in [3.05, 3.63) is 70.5 Å². The topological polar surface area (TPSA) is 45.0 Å². The zero-order valence-corrected chi connectivity index (χ0v) is 23.4. The maximum Gasteiger partial charge on any atom is 0.203 e. The van der Waals surface area contributed by atoms with E-state index in [9.17, 15) is 0 Å². The van der Waals surface area contributed by atoms with Gasteiger partial charge in [0.05, 0.1) is 0 Å². The zero-order chi connectivity index (χ0) is 27.5. The molecule has 2 aliphatic heterocycles. The van der Waals surface area contributed by atoms with Crippen molar-refractivity contribution in [2.24, 2.45) is 10.9 Å². The summed E-state index contributed by atoms with van der Waals surface area (Å²) >= 11 is 0. The smallest absolute Gasteiger partial charge is 0.203 e. The van der Waals surface area contributed by atoms with Crippen LogP contribution in [-0.2, 0) is 11.3 Å². The number of aryl methyl sites for hydroxylation is 1. The van der Waals surface area contributed by atoms with Crippen LogP contribution in [0.1, 0.15) is 39.3 Å². The number of allylic oxidation sites excluding steroid dienone is 2. The van der Waals surface area contributed by atoms with Crippen LogP contribution in [-0.4, -0.2) is 54.1 Å². The second kappa shape index (κ2) is 11.8. The lowest BCUT2D eigenvalue weighted by molar-refractivity contribution is 0.122. The summed E-state index contributed by atoms with van der Waals surface area (Å²) in [5.74, 6) is -1.03. The summed E-state index contributed by atoms with van der Waals surface area (Å²) in [5.41, 5.74) is 2.87. The quantitative estimate of drug-likeness (QED) is 0.575. The van der Waals surface area contributed by atoms with E-state index in [1.165, 1.54) is 0 Å². The van der Waals surface area contributed by atoms with Crippen molar-refractivity contribution in [1.29, 1.82) is 0 Å². The summed E-state index contributed by atoms with van der Waals surface area (Å²) in [7, 11) is 0. The van der Waals surface area contributed by atoms with Gasteiger partial charge in [-0.3, -0.25) is 0 Å². The number of nitrogens with one attached hydrogen (secondary N) is 1. The Morgan fingerprint density at radius 2 is 1.77 bits per heavy atom. The number of aromatic nitrogens is 1. The van der Waals surface area contributed by atoms with Gasteiger partial charge in [0.15, 0.2) is 17.8 Å². The van der Waals surface area contributed by atoms with Gasteiger partial charge in [-0.25, -0.2) is 9.38 Å². The molecule has 0 saturated carbocycles. The summed E-state index contributed by atoms with van der Waals surface area (Å²) in [5, 5.41) is 4.53. The molecule has 1 aliphatic carbocycles. The van der Waals surface area contributed by atoms with Gasteiger partial charge in [0, 0.05) is 78.9 Å². The van der Waals surface area contributed by atoms with Crippen LogP contribution < -0.4 is 20.8 Å². The van der Waals surface area contributed by atoms with Gasteiger partial charge in [-0.05, 0) is 57.1 Å². The molecule has 3 aliphatic rings. The number of hydrogen-bond donors (Lipinski definition) is 1. The molecule has 3 heterocycles. The lowest BCUT2D eigenvalue weighted by atomic mass is 10.0. The number of benzene rings is 1. The minimum absolute atomic E-state index is 0.0611. The summed E-state index contributed by atoms with van der Waals surface area (Å²) in [4.78, 5) is 9.14. The van der Waals surface area contributed by atoms with Crippen LogP contribution in [0, 0.1) is 12.8 Å². The fourth-order valence-electron chi connectivity index (χ4n) is 5.63. The molecule has 1 fully saturated rings. The number of amidine groups is 1. The third-order valence-corrected chi connectivity index (χ3v) is 7.98. The summed E-state index contributed by atoms with van der Waals surface area (Å²) < 4.78 is 39.8. The van der Waals surface area contributed by atoms with Crippen molar-refractivity contribution in [1.82, 2.24) is 9.47 Å². The van der Waals surface area contributed by atoms with Crippen molar-refractivity contribution < 1.29 is 13.5 Å². The molecule has 0 radical (unpaired) electrons. The lowest BCUT2D eigenvalue weighted by Crippen LogP contribution is -2.46. The summed E-state index contributed by atoms with van der Waals surface area (Å²) in [6.07, 6.45) is 5.51. The summed E-state index contributed by atoms with van der Waals surface area (Å²) in [6.45, 7) is 14.0. The Morgan fingerprint density at radius 3 is 2.46 bits per heavy atom. The van der Waals surface area contributed by atoms with Crippen molar-refractivity contribution >= 4 is 29.1 Å². The Balaban J connectivity index is 1.36. The van der Waals surface area contributed by atoms with Crippen LogP contribution in [0.2, 0.25) is 0 Å². The van der Waals surface area contributed by atoms with Gasteiger partial charge in [0.25, 0.3) is 0 Å². The lowest BCUT2D eigenvalue weighted by Gasteiger charge is -2.35. The van der Waals surface area contributed by atoms with Gasteiger partial charge < -0.3 is 24.4 Å². The fraction of sp³-hybridized carbons (Fsp3) is 0.452. The van der Waals surface area contributed by atoms with Crippen molar-refractivity contribution in [3.8, 4) is 0 Å². The van der Waals surface area contributed by atoms with Gasteiger partial charge in [-0.15, -0.1) is 0 Å². The molecule has 1 N–H and O–H groups in total. The maximum absolute atomic E-state index is 16.0. The third kappa shape index (κ3) is 5.66. The molecule has 2 aromatic rings. The first-order chi connectivity index (χ1) is 18.9. The van der Waals surface area contributed by atoms with E-state index < -0.39 is 11.9 Å². The van der Waals surface area contributed by atoms with E-state index in [0.717, 1.165) is 61.7 Å². The third-order valence-electron chi connectivity index (χ3n) is 7.98. The molecule has 2 unspecified atom stereocenters. The van der Waals surface area contributed by atoms with Crippen molar-refractivity contribution in [2.45, 2.75) is 53.2 Å². The Kier molecular flexibility index (Phi) is 8.21. The maximum atomic E-state index is 16.0. The molecule has 39 heavy (non-hydrogen) atoms. The fourth-order valence-corrected chi connectivity index (χ4v) is 5.63. The van der Waals surface area contributed by atoms with Gasteiger partial charge in [0.2, 0.25) is 5.83 Å². The Labute approximate surface area is 229 Å². The number of piperazine rings is 1. The van der Waals surface area contributed by atoms with E-state index in [1.807, 2.05) is 51.1 Å². The number of ether oxygens (including phenoxy) is 1. The second-order valence-electron chi connectivity index (χ2n) is 10.5. The molecule has 6 nitrogen and oxygen atoms in total. The SMILES string of the molecule is CCN1CCN(c2ccc(NC3=N/C=C/CC(C)C(OC4CC=c5c(cc(C)n5CC)=C4F)=C3F)cc2)CC1. The molecular formula is C31H39F2N5O. The Morgan fingerprint density at radius 1 is 1.03 bits per heavy atom. The zero-order valence-electron chi connectivity index (χ0n) is 23.4. The second-order valence-corrected chi connectivity index (χ2v) is 10.5. The molecule has 8 heteroatoms. The molecule has 1 saturated heterocycles. The van der Waals surface area contributed by atoms with Crippen LogP contribution in [0.15, 0.2) is 59.2 Å². The van der Waals surface area contributed by atoms with Crippen molar-refractivity contribution in [3.63, 3.8) is 0 Å². The molecule has 208 valence electrons. The molecule has 5 rings (SSSR count). The van der Waals surface area contributed by atoms with E-state index in [1.54, 1.807) is 6.20 Å². The largest absolute Gasteiger partial charge is 0.484 e. The van der Waals surface area contributed by atoms with Crippen LogP contribution >= 0.6 is 0 Å². The number of anilines is 2. The molecular weight excluding hydrogens is 496 g/mol. The number of aliphatic imine (C=N–C) groups is 1.